The van der Waals surface area contributed by atoms with E-state index >= 15 is 0 Å². The molecule has 2 aromatic heterocycles. The lowest BCUT2D eigenvalue weighted by Crippen LogP contribution is -2.35. The van der Waals surface area contributed by atoms with Crippen LogP contribution < -0.4 is 0 Å². The van der Waals surface area contributed by atoms with E-state index in [1.807, 2.05) is 11.0 Å². The van der Waals surface area contributed by atoms with Crippen molar-refractivity contribution in [2.24, 2.45) is 7.05 Å². The number of pyridine rings is 1. The number of nitrogens with zero attached hydrogens (tertiary/aromatic N) is 5. The monoisotopic (exact) mass is 335 g/mol. The van der Waals surface area contributed by atoms with E-state index in [1.165, 1.54) is 5.56 Å². The topological polar surface area (TPSA) is 63.9 Å². The van der Waals surface area contributed by atoms with Gasteiger partial charge in [-0.3, -0.25) is 4.79 Å². The fraction of sp³-hybridized carbons (Fsp3) is 0.368. The third-order valence-corrected chi connectivity index (χ3v) is 4.93. The highest BCUT2D eigenvalue weighted by molar-refractivity contribution is 5.96. The number of carbonyl (C=O) groups is 1. The Hall–Kier alpha value is -2.76. The van der Waals surface area contributed by atoms with Crippen LogP contribution >= 0.6 is 0 Å². The first kappa shape index (κ1) is 15.7. The average Bonchev–Trinajstić information content (AvgIpc) is 3.27. The molecule has 3 heterocycles. The van der Waals surface area contributed by atoms with Crippen LogP contribution in [0.15, 0.2) is 42.6 Å². The van der Waals surface area contributed by atoms with Crippen molar-refractivity contribution in [2.75, 3.05) is 6.54 Å². The van der Waals surface area contributed by atoms with Crippen molar-refractivity contribution in [3.63, 3.8) is 0 Å². The average molecular weight is 335 g/mol. The van der Waals surface area contributed by atoms with E-state index in [0.717, 1.165) is 32.2 Å². The molecule has 1 atom stereocenters. The van der Waals surface area contributed by atoms with Gasteiger partial charge in [-0.05, 0) is 37.3 Å². The van der Waals surface area contributed by atoms with Crippen molar-refractivity contribution in [1.82, 2.24) is 24.9 Å². The lowest BCUT2D eigenvalue weighted by Gasteiger charge is -2.24. The highest BCUT2D eigenvalue weighted by Crippen LogP contribution is 2.24. The van der Waals surface area contributed by atoms with Gasteiger partial charge in [-0.1, -0.05) is 35.5 Å². The maximum atomic E-state index is 13.0. The van der Waals surface area contributed by atoms with Crippen molar-refractivity contribution in [1.29, 1.82) is 0 Å². The normalized spacial score (nSPS) is 17.3. The Labute approximate surface area is 146 Å². The minimum atomic E-state index is 0.0515. The summed E-state index contributed by atoms with van der Waals surface area (Å²) >= 11 is 0. The molecule has 6 heteroatoms. The van der Waals surface area contributed by atoms with Crippen molar-refractivity contribution in [3.8, 4) is 0 Å². The van der Waals surface area contributed by atoms with Gasteiger partial charge in [0.2, 0.25) is 0 Å². The Kier molecular flexibility index (Phi) is 4.17. The minimum Gasteiger partial charge on any atom is -0.336 e. The van der Waals surface area contributed by atoms with Crippen molar-refractivity contribution in [3.05, 3.63) is 53.7 Å². The second-order valence-corrected chi connectivity index (χ2v) is 6.60. The van der Waals surface area contributed by atoms with E-state index in [1.54, 1.807) is 24.0 Å². The third kappa shape index (κ3) is 3.12. The fourth-order valence-corrected chi connectivity index (χ4v) is 3.59. The summed E-state index contributed by atoms with van der Waals surface area (Å²) in [5.74, 6) is 0.0515. The lowest BCUT2D eigenvalue weighted by molar-refractivity contribution is 0.0730. The summed E-state index contributed by atoms with van der Waals surface area (Å²) in [5.41, 5.74) is 3.27. The van der Waals surface area contributed by atoms with Gasteiger partial charge >= 0.3 is 0 Å². The zero-order valence-corrected chi connectivity index (χ0v) is 14.3. The SMILES string of the molecule is Cn1nnc2cc(C(=O)N3CCC[C@@H]3CCc3ccccc3)cnc21. The molecule has 3 aromatic rings. The molecule has 0 N–H and O–H groups in total. The molecule has 1 fully saturated rings. The highest BCUT2D eigenvalue weighted by Gasteiger charge is 2.29. The van der Waals surface area contributed by atoms with Gasteiger partial charge in [-0.15, -0.1) is 5.10 Å². The Bertz CT molecular complexity index is 889. The molecule has 128 valence electrons. The molecule has 1 amide bonds. The van der Waals surface area contributed by atoms with Crippen LogP contribution in [-0.4, -0.2) is 43.4 Å². The van der Waals surface area contributed by atoms with Gasteiger partial charge in [0.25, 0.3) is 5.91 Å². The molecule has 1 aliphatic heterocycles. The molecule has 0 aliphatic carbocycles. The van der Waals surface area contributed by atoms with Gasteiger partial charge in [0.05, 0.1) is 5.56 Å². The molecule has 1 saturated heterocycles. The Balaban J connectivity index is 1.49. The second kappa shape index (κ2) is 6.63. The lowest BCUT2D eigenvalue weighted by atomic mass is 10.0. The number of aryl methyl sites for hydroxylation is 2. The fourth-order valence-electron chi connectivity index (χ4n) is 3.59. The molecule has 0 radical (unpaired) electrons. The van der Waals surface area contributed by atoms with Crippen LogP contribution in [0, 0.1) is 0 Å². The van der Waals surface area contributed by atoms with Gasteiger partial charge in [-0.25, -0.2) is 9.67 Å². The Morgan fingerprint density at radius 1 is 1.28 bits per heavy atom. The molecule has 4 rings (SSSR count). The Morgan fingerprint density at radius 3 is 2.96 bits per heavy atom. The van der Waals surface area contributed by atoms with Gasteiger partial charge in [0, 0.05) is 25.8 Å². The van der Waals surface area contributed by atoms with E-state index in [9.17, 15) is 4.79 Å². The van der Waals surface area contributed by atoms with Crippen molar-refractivity contribution < 1.29 is 4.79 Å². The number of hydrogen-bond donors (Lipinski definition) is 0. The zero-order valence-electron chi connectivity index (χ0n) is 14.3. The third-order valence-electron chi connectivity index (χ3n) is 4.93. The van der Waals surface area contributed by atoms with Crippen molar-refractivity contribution >= 4 is 17.1 Å². The largest absolute Gasteiger partial charge is 0.336 e. The number of aromatic nitrogens is 4. The number of amides is 1. The van der Waals surface area contributed by atoms with Gasteiger partial charge in [0.1, 0.15) is 5.52 Å². The maximum absolute atomic E-state index is 13.0. The molecule has 25 heavy (non-hydrogen) atoms. The zero-order chi connectivity index (χ0) is 17.2. The molecule has 6 nitrogen and oxygen atoms in total. The predicted octanol–water partition coefficient (Wildman–Crippen LogP) is 2.60. The minimum absolute atomic E-state index is 0.0515. The van der Waals surface area contributed by atoms with E-state index < -0.39 is 0 Å². The number of rotatable bonds is 4. The Morgan fingerprint density at radius 2 is 2.12 bits per heavy atom. The first-order valence-electron chi connectivity index (χ1n) is 8.73. The number of benzene rings is 1. The summed E-state index contributed by atoms with van der Waals surface area (Å²) in [4.78, 5) is 19.3. The number of hydrogen-bond acceptors (Lipinski definition) is 4. The van der Waals surface area contributed by atoms with Crippen LogP contribution in [0.2, 0.25) is 0 Å². The summed E-state index contributed by atoms with van der Waals surface area (Å²) < 4.78 is 1.61. The quantitative estimate of drug-likeness (QED) is 0.735. The second-order valence-electron chi connectivity index (χ2n) is 6.60. The molecular weight excluding hydrogens is 314 g/mol. The summed E-state index contributed by atoms with van der Waals surface area (Å²) in [5, 5.41) is 8.01. The van der Waals surface area contributed by atoms with E-state index in [2.05, 4.69) is 39.6 Å². The van der Waals surface area contributed by atoms with Crippen LogP contribution in [-0.2, 0) is 13.5 Å². The maximum Gasteiger partial charge on any atom is 0.255 e. The van der Waals surface area contributed by atoms with Gasteiger partial charge < -0.3 is 4.90 Å². The van der Waals surface area contributed by atoms with Gasteiger partial charge in [0.15, 0.2) is 5.65 Å². The number of likely N-dealkylation sites (tertiary alicyclic amines) is 1. The molecule has 0 saturated carbocycles. The first-order chi connectivity index (χ1) is 12.2. The number of fused-ring (bicyclic) bond motifs is 1. The predicted molar refractivity (Wildman–Crippen MR) is 95.1 cm³/mol. The summed E-state index contributed by atoms with van der Waals surface area (Å²) in [6, 6.07) is 12.5. The highest BCUT2D eigenvalue weighted by atomic mass is 16.2. The molecule has 1 aliphatic rings. The van der Waals surface area contributed by atoms with E-state index in [4.69, 9.17) is 0 Å². The van der Waals surface area contributed by atoms with Crippen molar-refractivity contribution in [2.45, 2.75) is 31.7 Å². The molecule has 1 aromatic carbocycles. The standard InChI is InChI=1S/C19H21N5O/c1-23-18-17(21-22-23)12-15(13-20-18)19(25)24-11-5-8-16(24)10-9-14-6-3-2-4-7-14/h2-4,6-7,12-13,16H,5,8-11H2,1H3/t16-/m1/s1. The van der Waals surface area contributed by atoms with E-state index in [0.29, 0.717) is 22.8 Å². The van der Waals surface area contributed by atoms with Crippen LogP contribution in [0.1, 0.15) is 35.2 Å². The van der Waals surface area contributed by atoms with Crippen LogP contribution in [0.5, 0.6) is 0 Å². The molecule has 0 unspecified atom stereocenters. The smallest absolute Gasteiger partial charge is 0.255 e. The van der Waals surface area contributed by atoms with E-state index in [-0.39, 0.29) is 5.91 Å². The van der Waals surface area contributed by atoms with Crippen LogP contribution in [0.4, 0.5) is 0 Å². The van der Waals surface area contributed by atoms with Crippen LogP contribution in [0.25, 0.3) is 11.2 Å². The molecule has 0 spiro atoms. The first-order valence-corrected chi connectivity index (χ1v) is 8.73. The summed E-state index contributed by atoms with van der Waals surface area (Å²) in [6.07, 6.45) is 5.76. The molecular formula is C19H21N5O. The van der Waals surface area contributed by atoms with Gasteiger partial charge in [-0.2, -0.15) is 0 Å². The summed E-state index contributed by atoms with van der Waals surface area (Å²) in [6.45, 7) is 0.816. The molecule has 0 bridgehead atoms. The summed E-state index contributed by atoms with van der Waals surface area (Å²) in [7, 11) is 1.80. The number of carbonyl (C=O) groups excluding carboxylic acids is 1. The van der Waals surface area contributed by atoms with Crippen LogP contribution in [0.3, 0.4) is 0 Å².